The van der Waals surface area contributed by atoms with Crippen molar-refractivity contribution in [3.05, 3.63) is 42.1 Å². The van der Waals surface area contributed by atoms with Gasteiger partial charge in [0.1, 0.15) is 0 Å². The van der Waals surface area contributed by atoms with Crippen molar-refractivity contribution < 1.29 is 0 Å². The van der Waals surface area contributed by atoms with Crippen LogP contribution in [0.25, 0.3) is 11.3 Å². The average molecular weight is 211 g/mol. The van der Waals surface area contributed by atoms with Crippen LogP contribution in [0.2, 0.25) is 0 Å². The van der Waals surface area contributed by atoms with Crippen LogP contribution in [0.15, 0.2) is 36.5 Å². The van der Waals surface area contributed by atoms with Crippen molar-refractivity contribution in [2.75, 3.05) is 5.73 Å². The number of rotatable bonds is 2. The van der Waals surface area contributed by atoms with Crippen molar-refractivity contribution >= 4 is 5.69 Å². The number of nitrogens with two attached hydrogens (primary N) is 1. The Balaban J connectivity index is 2.06. The van der Waals surface area contributed by atoms with Gasteiger partial charge in [-0.1, -0.05) is 0 Å². The van der Waals surface area contributed by atoms with Gasteiger partial charge in [0, 0.05) is 17.4 Å². The molecule has 1 heterocycles. The fraction of sp³-hybridized carbons (Fsp3) is 0.231. The summed E-state index contributed by atoms with van der Waals surface area (Å²) in [6, 6.07) is 10.0. The normalized spacial score (nSPS) is 15.0. The SMILES string of the molecule is Nc1cc(-c2cccnn2)cc(C2CC2)c1. The van der Waals surface area contributed by atoms with E-state index in [0.717, 1.165) is 16.9 Å². The van der Waals surface area contributed by atoms with Crippen LogP contribution in [-0.4, -0.2) is 10.2 Å². The summed E-state index contributed by atoms with van der Waals surface area (Å²) in [6.07, 6.45) is 4.24. The third-order valence-corrected chi connectivity index (χ3v) is 2.89. The molecule has 0 radical (unpaired) electrons. The molecule has 0 amide bonds. The van der Waals surface area contributed by atoms with Gasteiger partial charge in [0.25, 0.3) is 0 Å². The highest BCUT2D eigenvalue weighted by atomic mass is 15.1. The van der Waals surface area contributed by atoms with Gasteiger partial charge < -0.3 is 5.73 Å². The Labute approximate surface area is 94.3 Å². The van der Waals surface area contributed by atoms with Crippen molar-refractivity contribution in [3.63, 3.8) is 0 Å². The minimum atomic E-state index is 0.707. The largest absolute Gasteiger partial charge is 0.399 e. The lowest BCUT2D eigenvalue weighted by Crippen LogP contribution is -1.92. The van der Waals surface area contributed by atoms with Crippen LogP contribution in [0, 0.1) is 0 Å². The van der Waals surface area contributed by atoms with Crippen LogP contribution in [0.3, 0.4) is 0 Å². The lowest BCUT2D eigenvalue weighted by atomic mass is 10.0. The van der Waals surface area contributed by atoms with Crippen LogP contribution in [-0.2, 0) is 0 Å². The molecule has 3 nitrogen and oxygen atoms in total. The molecule has 0 atom stereocenters. The van der Waals surface area contributed by atoms with Gasteiger partial charge in [0.05, 0.1) is 5.69 Å². The average Bonchev–Trinajstić information content (AvgIpc) is 3.13. The summed E-state index contributed by atoms with van der Waals surface area (Å²) in [5.74, 6) is 0.707. The van der Waals surface area contributed by atoms with Crippen molar-refractivity contribution in [2.45, 2.75) is 18.8 Å². The predicted octanol–water partition coefficient (Wildman–Crippen LogP) is 2.60. The van der Waals surface area contributed by atoms with E-state index >= 15 is 0 Å². The molecule has 1 aromatic carbocycles. The fourth-order valence-corrected chi connectivity index (χ4v) is 1.93. The van der Waals surface area contributed by atoms with Gasteiger partial charge in [-0.25, -0.2) is 0 Å². The van der Waals surface area contributed by atoms with E-state index in [1.165, 1.54) is 18.4 Å². The van der Waals surface area contributed by atoms with Crippen LogP contribution in [0.4, 0.5) is 5.69 Å². The van der Waals surface area contributed by atoms with Crippen molar-refractivity contribution in [3.8, 4) is 11.3 Å². The summed E-state index contributed by atoms with van der Waals surface area (Å²) in [4.78, 5) is 0. The number of nitrogens with zero attached hydrogens (tertiary/aromatic N) is 2. The maximum absolute atomic E-state index is 5.91. The molecule has 0 aliphatic heterocycles. The fourth-order valence-electron chi connectivity index (χ4n) is 1.93. The van der Waals surface area contributed by atoms with E-state index in [0.29, 0.717) is 5.92 Å². The summed E-state index contributed by atoms with van der Waals surface area (Å²) in [5.41, 5.74) is 10.0. The van der Waals surface area contributed by atoms with Gasteiger partial charge in [0.2, 0.25) is 0 Å². The summed E-state index contributed by atoms with van der Waals surface area (Å²) in [6.45, 7) is 0. The van der Waals surface area contributed by atoms with Gasteiger partial charge in [0.15, 0.2) is 0 Å². The molecule has 0 spiro atoms. The van der Waals surface area contributed by atoms with E-state index in [-0.39, 0.29) is 0 Å². The Morgan fingerprint density at radius 1 is 1.19 bits per heavy atom. The summed E-state index contributed by atoms with van der Waals surface area (Å²) < 4.78 is 0. The lowest BCUT2D eigenvalue weighted by Gasteiger charge is -2.05. The minimum absolute atomic E-state index is 0.707. The third kappa shape index (κ3) is 1.76. The quantitative estimate of drug-likeness (QED) is 0.777. The molecule has 1 fully saturated rings. The first-order valence-electron chi connectivity index (χ1n) is 5.51. The van der Waals surface area contributed by atoms with Crippen LogP contribution >= 0.6 is 0 Å². The van der Waals surface area contributed by atoms with Crippen molar-refractivity contribution in [1.29, 1.82) is 0 Å². The molecular formula is C13H13N3. The molecule has 1 aromatic heterocycles. The highest BCUT2D eigenvalue weighted by molar-refractivity contribution is 5.65. The minimum Gasteiger partial charge on any atom is -0.399 e. The first-order valence-corrected chi connectivity index (χ1v) is 5.51. The molecule has 3 heteroatoms. The molecule has 0 unspecified atom stereocenters. The first-order chi connectivity index (χ1) is 7.83. The van der Waals surface area contributed by atoms with Crippen LogP contribution in [0.5, 0.6) is 0 Å². The Kier molecular flexibility index (Phi) is 2.10. The Hall–Kier alpha value is -1.90. The Morgan fingerprint density at radius 3 is 2.75 bits per heavy atom. The molecule has 2 aromatic rings. The Morgan fingerprint density at radius 2 is 2.06 bits per heavy atom. The van der Waals surface area contributed by atoms with E-state index in [2.05, 4.69) is 22.3 Å². The molecule has 16 heavy (non-hydrogen) atoms. The number of anilines is 1. The number of benzene rings is 1. The number of nitrogen functional groups attached to an aromatic ring is 1. The van der Waals surface area contributed by atoms with Gasteiger partial charge in [-0.05, 0) is 54.7 Å². The number of hydrogen-bond acceptors (Lipinski definition) is 3. The van der Waals surface area contributed by atoms with E-state index in [1.54, 1.807) is 6.20 Å². The zero-order valence-corrected chi connectivity index (χ0v) is 8.93. The zero-order chi connectivity index (χ0) is 11.0. The van der Waals surface area contributed by atoms with Gasteiger partial charge in [-0.2, -0.15) is 10.2 Å². The van der Waals surface area contributed by atoms with E-state index < -0.39 is 0 Å². The highest BCUT2D eigenvalue weighted by Crippen LogP contribution is 2.41. The van der Waals surface area contributed by atoms with Crippen LogP contribution < -0.4 is 5.73 Å². The second-order valence-electron chi connectivity index (χ2n) is 4.27. The molecule has 2 N–H and O–H groups in total. The molecule has 3 rings (SSSR count). The lowest BCUT2D eigenvalue weighted by molar-refractivity contribution is 1.04. The van der Waals surface area contributed by atoms with E-state index in [9.17, 15) is 0 Å². The summed E-state index contributed by atoms with van der Waals surface area (Å²) in [5, 5.41) is 8.00. The number of hydrogen-bond donors (Lipinski definition) is 1. The molecule has 1 aliphatic rings. The van der Waals surface area contributed by atoms with E-state index in [4.69, 9.17) is 5.73 Å². The maximum Gasteiger partial charge on any atom is 0.0930 e. The Bertz CT molecular complexity index is 504. The van der Waals surface area contributed by atoms with Gasteiger partial charge in [-0.3, -0.25) is 0 Å². The van der Waals surface area contributed by atoms with Crippen molar-refractivity contribution in [1.82, 2.24) is 10.2 Å². The topological polar surface area (TPSA) is 51.8 Å². The van der Waals surface area contributed by atoms with Gasteiger partial charge in [-0.15, -0.1) is 0 Å². The first kappa shape index (κ1) is 9.33. The predicted molar refractivity (Wildman–Crippen MR) is 63.9 cm³/mol. The molecule has 1 aliphatic carbocycles. The standard InChI is InChI=1S/C13H13N3/c14-12-7-10(9-3-4-9)6-11(8-12)13-2-1-5-15-16-13/h1-2,5-9H,3-4,14H2. The second kappa shape index (κ2) is 3.59. The highest BCUT2D eigenvalue weighted by Gasteiger charge is 2.24. The molecular weight excluding hydrogens is 198 g/mol. The van der Waals surface area contributed by atoms with E-state index in [1.807, 2.05) is 18.2 Å². The second-order valence-corrected chi connectivity index (χ2v) is 4.27. The zero-order valence-electron chi connectivity index (χ0n) is 8.93. The molecule has 1 saturated carbocycles. The van der Waals surface area contributed by atoms with Gasteiger partial charge >= 0.3 is 0 Å². The van der Waals surface area contributed by atoms with Crippen LogP contribution in [0.1, 0.15) is 24.3 Å². The smallest absolute Gasteiger partial charge is 0.0930 e. The number of aromatic nitrogens is 2. The molecule has 80 valence electrons. The molecule has 0 bridgehead atoms. The summed E-state index contributed by atoms with van der Waals surface area (Å²) >= 11 is 0. The third-order valence-electron chi connectivity index (χ3n) is 2.89. The molecule has 0 saturated heterocycles. The monoisotopic (exact) mass is 211 g/mol. The maximum atomic E-state index is 5.91. The summed E-state index contributed by atoms with van der Waals surface area (Å²) in [7, 11) is 0. The van der Waals surface area contributed by atoms with Crippen molar-refractivity contribution in [2.24, 2.45) is 0 Å².